The van der Waals surface area contributed by atoms with E-state index < -0.39 is 0 Å². The minimum absolute atomic E-state index is 0.157. The molecular formula is C11H16N2O2. The third-order valence-corrected chi connectivity index (χ3v) is 3.31. The zero-order valence-electron chi connectivity index (χ0n) is 8.72. The largest absolute Gasteiger partial charge is 0.391 e. The van der Waals surface area contributed by atoms with E-state index >= 15 is 0 Å². The molecular weight excluding hydrogens is 192 g/mol. The molecule has 2 aliphatic rings. The summed E-state index contributed by atoms with van der Waals surface area (Å²) in [4.78, 5) is 4.44. The third-order valence-electron chi connectivity index (χ3n) is 3.31. The van der Waals surface area contributed by atoms with Gasteiger partial charge in [-0.15, -0.1) is 0 Å². The maximum absolute atomic E-state index is 9.65. The summed E-state index contributed by atoms with van der Waals surface area (Å²) in [5, 5.41) is 9.65. The molecule has 82 valence electrons. The minimum atomic E-state index is -0.216. The average molecular weight is 208 g/mol. The predicted octanol–water partition coefficient (Wildman–Crippen LogP) is 1.04. The van der Waals surface area contributed by atoms with Crippen LogP contribution in [0.15, 0.2) is 6.20 Å². The van der Waals surface area contributed by atoms with Crippen molar-refractivity contribution in [1.29, 1.82) is 0 Å². The van der Waals surface area contributed by atoms with E-state index in [9.17, 15) is 5.11 Å². The number of aryl methyl sites for hydroxylation is 1. The molecule has 0 saturated carbocycles. The van der Waals surface area contributed by atoms with Gasteiger partial charge in [0.15, 0.2) is 0 Å². The molecule has 0 amide bonds. The van der Waals surface area contributed by atoms with Gasteiger partial charge in [-0.05, 0) is 25.7 Å². The molecule has 1 aromatic rings. The Labute approximate surface area is 88.9 Å². The van der Waals surface area contributed by atoms with Gasteiger partial charge in [0.05, 0.1) is 12.6 Å². The van der Waals surface area contributed by atoms with E-state index in [0.717, 1.165) is 38.1 Å². The van der Waals surface area contributed by atoms with Crippen LogP contribution in [0.2, 0.25) is 0 Å². The van der Waals surface area contributed by atoms with E-state index in [0.29, 0.717) is 6.54 Å². The highest BCUT2D eigenvalue weighted by atomic mass is 16.5. The van der Waals surface area contributed by atoms with Crippen molar-refractivity contribution in [1.82, 2.24) is 9.55 Å². The summed E-state index contributed by atoms with van der Waals surface area (Å²) in [5.41, 5.74) is 1.24. The van der Waals surface area contributed by atoms with Crippen molar-refractivity contribution in [3.05, 3.63) is 17.7 Å². The first-order valence-corrected chi connectivity index (χ1v) is 5.68. The first-order valence-electron chi connectivity index (χ1n) is 5.68. The molecule has 0 aliphatic carbocycles. The average Bonchev–Trinajstić information content (AvgIpc) is 2.83. The van der Waals surface area contributed by atoms with Crippen LogP contribution >= 0.6 is 0 Å². The van der Waals surface area contributed by atoms with Crippen LogP contribution in [-0.4, -0.2) is 27.4 Å². The van der Waals surface area contributed by atoms with E-state index in [1.165, 1.54) is 5.69 Å². The number of aliphatic hydroxyl groups excluding tert-OH is 1. The topological polar surface area (TPSA) is 47.3 Å². The van der Waals surface area contributed by atoms with Gasteiger partial charge < -0.3 is 14.4 Å². The second-order valence-electron chi connectivity index (χ2n) is 4.41. The van der Waals surface area contributed by atoms with Gasteiger partial charge in [-0.2, -0.15) is 0 Å². The Kier molecular flexibility index (Phi) is 2.25. The molecule has 1 fully saturated rings. The fraction of sp³-hybridized carbons (Fsp3) is 0.727. The summed E-state index contributed by atoms with van der Waals surface area (Å²) in [5.74, 6) is 1.02. The maximum atomic E-state index is 9.65. The van der Waals surface area contributed by atoms with Crippen molar-refractivity contribution in [3.63, 3.8) is 0 Å². The SMILES string of the molecule is OC1CCc2cnc(C3CCCO3)n2C1. The van der Waals surface area contributed by atoms with Crippen molar-refractivity contribution in [2.24, 2.45) is 0 Å². The quantitative estimate of drug-likeness (QED) is 0.750. The van der Waals surface area contributed by atoms with Crippen molar-refractivity contribution in [2.75, 3.05) is 6.61 Å². The lowest BCUT2D eigenvalue weighted by molar-refractivity contribution is 0.0907. The molecule has 2 unspecified atom stereocenters. The van der Waals surface area contributed by atoms with Crippen molar-refractivity contribution < 1.29 is 9.84 Å². The van der Waals surface area contributed by atoms with Gasteiger partial charge >= 0.3 is 0 Å². The van der Waals surface area contributed by atoms with Crippen LogP contribution in [-0.2, 0) is 17.7 Å². The van der Waals surface area contributed by atoms with Gasteiger partial charge in [-0.3, -0.25) is 0 Å². The Morgan fingerprint density at radius 3 is 3.20 bits per heavy atom. The number of nitrogens with zero attached hydrogens (tertiary/aromatic N) is 2. The number of hydrogen-bond acceptors (Lipinski definition) is 3. The zero-order valence-corrected chi connectivity index (χ0v) is 8.72. The Balaban J connectivity index is 1.92. The van der Waals surface area contributed by atoms with Crippen molar-refractivity contribution in [3.8, 4) is 0 Å². The molecule has 4 nitrogen and oxygen atoms in total. The Hall–Kier alpha value is -0.870. The zero-order chi connectivity index (χ0) is 10.3. The summed E-state index contributed by atoms with van der Waals surface area (Å²) in [6.07, 6.45) is 5.85. The number of imidazole rings is 1. The molecule has 3 heterocycles. The van der Waals surface area contributed by atoms with Crippen LogP contribution in [0, 0.1) is 0 Å². The summed E-state index contributed by atoms with van der Waals surface area (Å²) >= 11 is 0. The fourth-order valence-corrected chi connectivity index (χ4v) is 2.49. The number of rotatable bonds is 1. The summed E-state index contributed by atoms with van der Waals surface area (Å²) in [6, 6.07) is 0. The van der Waals surface area contributed by atoms with E-state index in [1.54, 1.807) is 0 Å². The monoisotopic (exact) mass is 208 g/mol. The predicted molar refractivity (Wildman–Crippen MR) is 54.5 cm³/mol. The van der Waals surface area contributed by atoms with Crippen LogP contribution < -0.4 is 0 Å². The molecule has 3 rings (SSSR count). The van der Waals surface area contributed by atoms with Gasteiger partial charge in [0.25, 0.3) is 0 Å². The molecule has 1 saturated heterocycles. The van der Waals surface area contributed by atoms with Gasteiger partial charge in [-0.1, -0.05) is 0 Å². The van der Waals surface area contributed by atoms with Crippen molar-refractivity contribution >= 4 is 0 Å². The molecule has 0 spiro atoms. The molecule has 1 aromatic heterocycles. The van der Waals surface area contributed by atoms with E-state index in [1.807, 2.05) is 6.20 Å². The number of hydrogen-bond donors (Lipinski definition) is 1. The number of aromatic nitrogens is 2. The van der Waals surface area contributed by atoms with E-state index in [-0.39, 0.29) is 12.2 Å². The first-order chi connectivity index (χ1) is 7.34. The summed E-state index contributed by atoms with van der Waals surface area (Å²) in [7, 11) is 0. The first kappa shape index (κ1) is 9.36. The molecule has 2 atom stereocenters. The lowest BCUT2D eigenvalue weighted by Crippen LogP contribution is -2.26. The minimum Gasteiger partial charge on any atom is -0.391 e. The van der Waals surface area contributed by atoms with Crippen LogP contribution in [0.1, 0.15) is 36.9 Å². The van der Waals surface area contributed by atoms with Crippen molar-refractivity contribution in [2.45, 2.75) is 44.4 Å². The normalized spacial score (nSPS) is 30.5. The molecule has 0 radical (unpaired) electrons. The summed E-state index contributed by atoms with van der Waals surface area (Å²) < 4.78 is 7.78. The third kappa shape index (κ3) is 1.58. The molecule has 0 bridgehead atoms. The lowest BCUT2D eigenvalue weighted by Gasteiger charge is -2.22. The van der Waals surface area contributed by atoms with Crippen LogP contribution in [0.3, 0.4) is 0 Å². The maximum Gasteiger partial charge on any atom is 0.138 e. The van der Waals surface area contributed by atoms with Crippen LogP contribution in [0.4, 0.5) is 0 Å². The van der Waals surface area contributed by atoms with Gasteiger partial charge in [0.2, 0.25) is 0 Å². The number of fused-ring (bicyclic) bond motifs is 1. The number of ether oxygens (including phenoxy) is 1. The Bertz CT molecular complexity index is 355. The smallest absolute Gasteiger partial charge is 0.138 e. The van der Waals surface area contributed by atoms with Gasteiger partial charge in [0.1, 0.15) is 11.9 Å². The highest BCUT2D eigenvalue weighted by Crippen LogP contribution is 2.30. The molecule has 0 aromatic carbocycles. The molecule has 1 N–H and O–H groups in total. The van der Waals surface area contributed by atoms with E-state index in [2.05, 4.69) is 9.55 Å². The highest BCUT2D eigenvalue weighted by molar-refractivity contribution is 5.11. The Morgan fingerprint density at radius 2 is 2.40 bits per heavy atom. The Morgan fingerprint density at radius 1 is 1.47 bits per heavy atom. The second-order valence-corrected chi connectivity index (χ2v) is 4.41. The second kappa shape index (κ2) is 3.61. The van der Waals surface area contributed by atoms with Crippen LogP contribution in [0.25, 0.3) is 0 Å². The molecule has 15 heavy (non-hydrogen) atoms. The van der Waals surface area contributed by atoms with Crippen LogP contribution in [0.5, 0.6) is 0 Å². The van der Waals surface area contributed by atoms with Gasteiger partial charge in [-0.25, -0.2) is 4.98 Å². The lowest BCUT2D eigenvalue weighted by atomic mass is 10.1. The van der Waals surface area contributed by atoms with E-state index in [4.69, 9.17) is 4.74 Å². The summed E-state index contributed by atoms with van der Waals surface area (Å²) in [6.45, 7) is 1.53. The standard InChI is InChI=1S/C11H16N2O2/c14-9-4-3-8-6-12-11(13(8)7-9)10-2-1-5-15-10/h6,9-10,14H,1-5,7H2. The number of aliphatic hydroxyl groups is 1. The molecule has 2 aliphatic heterocycles. The van der Waals surface area contributed by atoms with Gasteiger partial charge in [0, 0.05) is 18.5 Å². The highest BCUT2D eigenvalue weighted by Gasteiger charge is 2.26. The molecule has 4 heteroatoms. The fourth-order valence-electron chi connectivity index (χ4n) is 2.49.